The van der Waals surface area contributed by atoms with E-state index in [1.165, 1.54) is 11.0 Å². The zero-order chi connectivity index (χ0) is 28.5. The van der Waals surface area contributed by atoms with Gasteiger partial charge in [0.25, 0.3) is 0 Å². The normalized spacial score (nSPS) is 12.6. The van der Waals surface area contributed by atoms with E-state index in [-0.39, 0.29) is 37.5 Å². The van der Waals surface area contributed by atoms with E-state index in [2.05, 4.69) is 5.32 Å². The third kappa shape index (κ3) is 8.90. The maximum absolute atomic E-state index is 13.4. The number of alkyl halides is 3. The third-order valence-electron chi connectivity index (χ3n) is 5.85. The Bertz CT molecular complexity index is 1210. The van der Waals surface area contributed by atoms with Crippen molar-refractivity contribution in [3.8, 4) is 0 Å². The Balaban J connectivity index is 2.26. The molecular weight excluding hydrogens is 543 g/mol. The van der Waals surface area contributed by atoms with Crippen LogP contribution in [0.1, 0.15) is 50.7 Å². The Hall–Kier alpha value is -2.79. The van der Waals surface area contributed by atoms with E-state index < -0.39 is 33.7 Å². The van der Waals surface area contributed by atoms with Crippen LogP contribution in [0, 0.1) is 0 Å². The van der Waals surface area contributed by atoms with Gasteiger partial charge >= 0.3 is 6.18 Å². The molecule has 0 heterocycles. The van der Waals surface area contributed by atoms with Gasteiger partial charge in [0.1, 0.15) is 6.04 Å². The summed E-state index contributed by atoms with van der Waals surface area (Å²) in [5.41, 5.74) is -0.478. The van der Waals surface area contributed by atoms with Gasteiger partial charge in [-0.25, -0.2) is 8.42 Å². The van der Waals surface area contributed by atoms with Crippen LogP contribution in [-0.2, 0) is 32.3 Å². The van der Waals surface area contributed by atoms with E-state index in [0.29, 0.717) is 23.6 Å². The van der Waals surface area contributed by atoms with Crippen LogP contribution in [0.2, 0.25) is 5.02 Å². The van der Waals surface area contributed by atoms with Crippen molar-refractivity contribution in [2.75, 3.05) is 23.7 Å². The van der Waals surface area contributed by atoms with Gasteiger partial charge < -0.3 is 10.2 Å². The molecule has 0 aliphatic carbocycles. The number of sulfonamides is 1. The third-order valence-corrected chi connectivity index (χ3v) is 7.41. The van der Waals surface area contributed by atoms with Crippen molar-refractivity contribution in [1.82, 2.24) is 10.2 Å². The van der Waals surface area contributed by atoms with Crippen molar-refractivity contribution in [2.45, 2.75) is 58.3 Å². The van der Waals surface area contributed by atoms with Crippen LogP contribution in [0.3, 0.4) is 0 Å². The highest BCUT2D eigenvalue weighted by molar-refractivity contribution is 7.92. The molecule has 0 bridgehead atoms. The molecule has 210 valence electrons. The van der Waals surface area contributed by atoms with Gasteiger partial charge in [0.15, 0.2) is 0 Å². The highest BCUT2D eigenvalue weighted by atomic mass is 35.5. The van der Waals surface area contributed by atoms with Crippen molar-refractivity contribution in [3.63, 3.8) is 0 Å². The van der Waals surface area contributed by atoms with Crippen molar-refractivity contribution in [3.05, 3.63) is 64.7 Å². The predicted octanol–water partition coefficient (Wildman–Crippen LogP) is 5.24. The minimum atomic E-state index is -4.64. The number of hydrogen-bond donors (Lipinski definition) is 1. The zero-order valence-electron chi connectivity index (χ0n) is 21.6. The minimum Gasteiger partial charge on any atom is -0.354 e. The zero-order valence-corrected chi connectivity index (χ0v) is 23.2. The number of nitrogens with zero attached hydrogens (tertiary/aromatic N) is 2. The lowest BCUT2D eigenvalue weighted by Crippen LogP contribution is -2.49. The fourth-order valence-corrected chi connectivity index (χ4v) is 5.09. The number of hydrogen-bond acceptors (Lipinski definition) is 4. The van der Waals surface area contributed by atoms with Crippen molar-refractivity contribution in [1.29, 1.82) is 0 Å². The summed E-state index contributed by atoms with van der Waals surface area (Å²) in [7, 11) is -3.94. The number of anilines is 1. The van der Waals surface area contributed by atoms with Gasteiger partial charge in [-0.15, -0.1) is 0 Å². The lowest BCUT2D eigenvalue weighted by atomic mass is 10.1. The average molecular weight is 576 g/mol. The average Bonchev–Trinajstić information content (AvgIpc) is 2.85. The molecule has 38 heavy (non-hydrogen) atoms. The molecule has 0 aromatic heterocycles. The molecule has 0 saturated carbocycles. The molecule has 0 fully saturated rings. The molecule has 0 saturated heterocycles. The number of benzene rings is 2. The SMILES string of the molecule is CCCNC(=O)C(CC)N(Cc1ccccc1Cl)C(=O)CCCN(c1cccc(C(F)(F)F)c1)S(C)(=O)=O. The number of rotatable bonds is 13. The van der Waals surface area contributed by atoms with Gasteiger partial charge in [-0.1, -0.05) is 49.7 Å². The largest absolute Gasteiger partial charge is 0.416 e. The fourth-order valence-electron chi connectivity index (χ4n) is 3.94. The molecular formula is C26H33ClF3N3O4S. The summed E-state index contributed by atoms with van der Waals surface area (Å²) in [4.78, 5) is 27.6. The maximum atomic E-state index is 13.4. The summed E-state index contributed by atoms with van der Waals surface area (Å²) in [6.07, 6.45) is -2.80. The van der Waals surface area contributed by atoms with E-state index in [0.717, 1.165) is 35.2 Å². The maximum Gasteiger partial charge on any atom is 0.416 e. The van der Waals surface area contributed by atoms with Crippen LogP contribution in [-0.4, -0.2) is 50.5 Å². The fraction of sp³-hybridized carbons (Fsp3) is 0.462. The van der Waals surface area contributed by atoms with Crippen molar-refractivity contribution in [2.24, 2.45) is 0 Å². The second-order valence-corrected chi connectivity index (χ2v) is 11.1. The Kier molecular flexibility index (Phi) is 11.4. The molecule has 0 radical (unpaired) electrons. The molecule has 2 rings (SSSR count). The second-order valence-electron chi connectivity index (χ2n) is 8.81. The molecule has 2 aromatic rings. The predicted molar refractivity (Wildman–Crippen MR) is 142 cm³/mol. The summed E-state index contributed by atoms with van der Waals surface area (Å²) in [6.45, 7) is 3.99. The first kappa shape index (κ1) is 31.4. The molecule has 0 aliphatic rings. The molecule has 1 N–H and O–H groups in total. The Morgan fingerprint density at radius 2 is 1.76 bits per heavy atom. The molecule has 0 spiro atoms. The molecule has 12 heteroatoms. The lowest BCUT2D eigenvalue weighted by molar-refractivity contribution is -0.141. The summed E-state index contributed by atoms with van der Waals surface area (Å²) >= 11 is 6.30. The monoisotopic (exact) mass is 575 g/mol. The Labute approximate surface area is 227 Å². The van der Waals surface area contributed by atoms with Crippen LogP contribution in [0.15, 0.2) is 48.5 Å². The molecule has 1 atom stereocenters. The van der Waals surface area contributed by atoms with Crippen LogP contribution >= 0.6 is 11.6 Å². The van der Waals surface area contributed by atoms with Crippen molar-refractivity contribution >= 4 is 39.1 Å². The van der Waals surface area contributed by atoms with Gasteiger partial charge in [0, 0.05) is 31.1 Å². The van der Waals surface area contributed by atoms with Crippen LogP contribution in [0.5, 0.6) is 0 Å². The number of nitrogens with one attached hydrogen (secondary N) is 1. The smallest absolute Gasteiger partial charge is 0.354 e. The van der Waals surface area contributed by atoms with Gasteiger partial charge in [0.05, 0.1) is 17.5 Å². The summed E-state index contributed by atoms with van der Waals surface area (Å²) < 4.78 is 65.2. The molecule has 1 unspecified atom stereocenters. The number of amides is 2. The Morgan fingerprint density at radius 1 is 1.08 bits per heavy atom. The first-order chi connectivity index (χ1) is 17.8. The van der Waals surface area contributed by atoms with E-state index in [9.17, 15) is 31.2 Å². The summed E-state index contributed by atoms with van der Waals surface area (Å²) in [5.74, 6) is -0.711. The van der Waals surface area contributed by atoms with Gasteiger partial charge in [-0.05, 0) is 49.1 Å². The van der Waals surface area contributed by atoms with Gasteiger partial charge in [-0.3, -0.25) is 13.9 Å². The highest BCUT2D eigenvalue weighted by Gasteiger charge is 2.32. The summed E-state index contributed by atoms with van der Waals surface area (Å²) in [6, 6.07) is 10.2. The van der Waals surface area contributed by atoms with E-state index in [1.54, 1.807) is 31.2 Å². The Morgan fingerprint density at radius 3 is 2.34 bits per heavy atom. The standard InChI is InChI=1S/C26H33ClF3N3O4S/c1-4-15-31-25(35)23(5-2)32(18-19-10-6-7-13-22(19)27)24(34)14-9-16-33(38(3,36)37)21-12-8-11-20(17-21)26(28,29)30/h6-8,10-13,17,23H,4-5,9,14-16,18H2,1-3H3,(H,31,35). The van der Waals surface area contributed by atoms with E-state index in [4.69, 9.17) is 11.6 Å². The minimum absolute atomic E-state index is 0.0220. The van der Waals surface area contributed by atoms with Gasteiger partial charge in [0.2, 0.25) is 21.8 Å². The quantitative estimate of drug-likeness (QED) is 0.354. The summed E-state index contributed by atoms with van der Waals surface area (Å²) in [5, 5.41) is 3.24. The van der Waals surface area contributed by atoms with Crippen LogP contribution < -0.4 is 9.62 Å². The molecule has 2 amide bonds. The lowest BCUT2D eigenvalue weighted by Gasteiger charge is -2.31. The highest BCUT2D eigenvalue weighted by Crippen LogP contribution is 2.32. The number of carbonyl (C=O) groups excluding carboxylic acids is 2. The van der Waals surface area contributed by atoms with E-state index >= 15 is 0 Å². The topological polar surface area (TPSA) is 86.8 Å². The molecule has 7 nitrogen and oxygen atoms in total. The van der Waals surface area contributed by atoms with Crippen LogP contribution in [0.25, 0.3) is 0 Å². The van der Waals surface area contributed by atoms with Crippen LogP contribution in [0.4, 0.5) is 18.9 Å². The first-order valence-electron chi connectivity index (χ1n) is 12.2. The molecule has 0 aliphatic heterocycles. The van der Waals surface area contributed by atoms with Gasteiger partial charge in [-0.2, -0.15) is 13.2 Å². The number of carbonyl (C=O) groups is 2. The van der Waals surface area contributed by atoms with E-state index in [1.807, 2.05) is 6.92 Å². The van der Waals surface area contributed by atoms with Crippen molar-refractivity contribution < 1.29 is 31.2 Å². The first-order valence-corrected chi connectivity index (χ1v) is 14.5. The molecule has 2 aromatic carbocycles. The second kappa shape index (κ2) is 13.8. The number of halogens is 4.